The van der Waals surface area contributed by atoms with Crippen LogP contribution >= 0.6 is 22.6 Å². The normalized spacial score (nSPS) is 20.0. The highest BCUT2D eigenvalue weighted by Gasteiger charge is 2.16. The fourth-order valence-corrected chi connectivity index (χ4v) is 2.22. The minimum Gasteiger partial charge on any atom is -0.348 e. The Labute approximate surface area is 113 Å². The molecule has 1 amide bonds. The second-order valence-corrected chi connectivity index (χ2v) is 5.31. The summed E-state index contributed by atoms with van der Waals surface area (Å²) in [5.41, 5.74) is 0.383. The van der Waals surface area contributed by atoms with Gasteiger partial charge in [-0.15, -0.1) is 0 Å². The van der Waals surface area contributed by atoms with Crippen LogP contribution < -0.4 is 10.6 Å². The lowest BCUT2D eigenvalue weighted by molar-refractivity contribution is 0.0930. The summed E-state index contributed by atoms with van der Waals surface area (Å²) in [5, 5.41) is 6.13. The summed E-state index contributed by atoms with van der Waals surface area (Å²) in [6.07, 6.45) is 2.04. The third-order valence-corrected chi connectivity index (χ3v) is 3.69. The van der Waals surface area contributed by atoms with Crippen LogP contribution in [0.4, 0.5) is 4.39 Å². The van der Waals surface area contributed by atoms with Gasteiger partial charge in [0.1, 0.15) is 5.82 Å². The van der Waals surface area contributed by atoms with Gasteiger partial charge in [0.2, 0.25) is 0 Å². The van der Waals surface area contributed by atoms with Gasteiger partial charge in [0, 0.05) is 21.7 Å². The number of carbonyl (C=O) groups is 1. The molecule has 0 saturated carbocycles. The van der Waals surface area contributed by atoms with Gasteiger partial charge < -0.3 is 10.6 Å². The molecule has 0 unspecified atom stereocenters. The Morgan fingerprint density at radius 2 is 2.35 bits per heavy atom. The van der Waals surface area contributed by atoms with E-state index >= 15 is 0 Å². The summed E-state index contributed by atoms with van der Waals surface area (Å²) in [5.74, 6) is -0.547. The van der Waals surface area contributed by atoms with Gasteiger partial charge in [0.15, 0.2) is 0 Å². The molecule has 0 bridgehead atoms. The van der Waals surface area contributed by atoms with Crippen molar-refractivity contribution in [3.8, 4) is 0 Å². The van der Waals surface area contributed by atoms with E-state index in [0.29, 0.717) is 9.13 Å². The molecule has 1 aliphatic heterocycles. The van der Waals surface area contributed by atoms with Gasteiger partial charge in [0.05, 0.1) is 0 Å². The van der Waals surface area contributed by atoms with E-state index in [1.54, 1.807) is 12.1 Å². The SMILES string of the molecule is O=C(N[C@H]1CCCNC1)c1ccc(I)c(F)c1. The number of hydrogen-bond acceptors (Lipinski definition) is 2. The molecule has 2 rings (SSSR count). The summed E-state index contributed by atoms with van der Waals surface area (Å²) in [6, 6.07) is 4.70. The third kappa shape index (κ3) is 3.38. The van der Waals surface area contributed by atoms with E-state index in [0.717, 1.165) is 25.9 Å². The number of piperidine rings is 1. The monoisotopic (exact) mass is 348 g/mol. The van der Waals surface area contributed by atoms with Crippen LogP contribution in [-0.2, 0) is 0 Å². The smallest absolute Gasteiger partial charge is 0.251 e. The maximum absolute atomic E-state index is 13.3. The zero-order valence-electron chi connectivity index (χ0n) is 9.30. The molecule has 1 heterocycles. The lowest BCUT2D eigenvalue weighted by Gasteiger charge is -2.23. The number of benzene rings is 1. The third-order valence-electron chi connectivity index (χ3n) is 2.81. The van der Waals surface area contributed by atoms with E-state index in [2.05, 4.69) is 10.6 Å². The van der Waals surface area contributed by atoms with E-state index < -0.39 is 0 Å². The second-order valence-electron chi connectivity index (χ2n) is 4.15. The Morgan fingerprint density at radius 3 is 3.00 bits per heavy atom. The molecule has 0 aromatic heterocycles. The number of halogens is 2. The molecule has 1 aliphatic rings. The summed E-state index contributed by atoms with van der Waals surface area (Å²) in [7, 11) is 0. The summed E-state index contributed by atoms with van der Waals surface area (Å²) in [4.78, 5) is 11.9. The zero-order chi connectivity index (χ0) is 12.3. The molecular weight excluding hydrogens is 334 g/mol. The van der Waals surface area contributed by atoms with Crippen LogP contribution in [0.5, 0.6) is 0 Å². The minimum absolute atomic E-state index is 0.151. The second kappa shape index (κ2) is 5.77. The largest absolute Gasteiger partial charge is 0.348 e. The van der Waals surface area contributed by atoms with Crippen LogP contribution in [0.3, 0.4) is 0 Å². The van der Waals surface area contributed by atoms with Crippen molar-refractivity contribution in [2.75, 3.05) is 13.1 Å². The highest BCUT2D eigenvalue weighted by atomic mass is 127. The molecule has 0 aliphatic carbocycles. The average Bonchev–Trinajstić information content (AvgIpc) is 2.34. The van der Waals surface area contributed by atoms with Gasteiger partial charge in [-0.25, -0.2) is 4.39 Å². The van der Waals surface area contributed by atoms with Crippen LogP contribution in [0.2, 0.25) is 0 Å². The van der Waals surface area contributed by atoms with Crippen LogP contribution in [0.1, 0.15) is 23.2 Å². The van der Waals surface area contributed by atoms with Crippen molar-refractivity contribution in [2.24, 2.45) is 0 Å². The van der Waals surface area contributed by atoms with Gasteiger partial charge >= 0.3 is 0 Å². The fraction of sp³-hybridized carbons (Fsp3) is 0.417. The molecule has 3 nitrogen and oxygen atoms in total. The van der Waals surface area contributed by atoms with Crippen LogP contribution in [0.15, 0.2) is 18.2 Å². The summed E-state index contributed by atoms with van der Waals surface area (Å²) < 4.78 is 13.8. The van der Waals surface area contributed by atoms with Crippen molar-refractivity contribution in [2.45, 2.75) is 18.9 Å². The van der Waals surface area contributed by atoms with E-state index in [4.69, 9.17) is 0 Å². The Kier molecular flexibility index (Phi) is 4.33. The van der Waals surface area contributed by atoms with Crippen molar-refractivity contribution in [1.29, 1.82) is 0 Å². The standard InChI is InChI=1S/C12H14FIN2O/c13-10-6-8(3-4-11(10)14)12(17)16-9-2-1-5-15-7-9/h3-4,6,9,15H,1-2,5,7H2,(H,16,17)/t9-/m0/s1. The van der Waals surface area contributed by atoms with Crippen molar-refractivity contribution in [3.05, 3.63) is 33.1 Å². The minimum atomic E-state index is -0.347. The van der Waals surface area contributed by atoms with E-state index in [1.807, 2.05) is 22.6 Å². The molecule has 0 spiro atoms. The van der Waals surface area contributed by atoms with Gasteiger partial charge in [-0.1, -0.05) is 0 Å². The number of rotatable bonds is 2. The molecule has 17 heavy (non-hydrogen) atoms. The highest BCUT2D eigenvalue weighted by molar-refractivity contribution is 14.1. The lowest BCUT2D eigenvalue weighted by atomic mass is 10.1. The summed E-state index contributed by atoms with van der Waals surface area (Å²) in [6.45, 7) is 1.79. The predicted octanol–water partition coefficient (Wildman–Crippen LogP) is 1.91. The molecule has 1 aromatic carbocycles. The van der Waals surface area contributed by atoms with Crippen molar-refractivity contribution in [1.82, 2.24) is 10.6 Å². The molecule has 5 heteroatoms. The first-order valence-electron chi connectivity index (χ1n) is 5.63. The molecule has 1 atom stereocenters. The van der Waals surface area contributed by atoms with Gasteiger partial charge in [-0.05, 0) is 60.2 Å². The maximum Gasteiger partial charge on any atom is 0.251 e. The fourth-order valence-electron chi connectivity index (χ4n) is 1.88. The zero-order valence-corrected chi connectivity index (χ0v) is 11.5. The first-order valence-corrected chi connectivity index (χ1v) is 6.71. The molecule has 92 valence electrons. The van der Waals surface area contributed by atoms with Crippen molar-refractivity contribution in [3.63, 3.8) is 0 Å². The summed E-state index contributed by atoms with van der Waals surface area (Å²) >= 11 is 1.90. The topological polar surface area (TPSA) is 41.1 Å². The van der Waals surface area contributed by atoms with E-state index in [-0.39, 0.29) is 17.8 Å². The van der Waals surface area contributed by atoms with E-state index in [1.165, 1.54) is 6.07 Å². The average molecular weight is 348 g/mol. The molecule has 2 N–H and O–H groups in total. The number of nitrogens with one attached hydrogen (secondary N) is 2. The van der Waals surface area contributed by atoms with Crippen LogP contribution in [-0.4, -0.2) is 25.0 Å². The number of amides is 1. The Morgan fingerprint density at radius 1 is 1.53 bits per heavy atom. The highest BCUT2D eigenvalue weighted by Crippen LogP contribution is 2.13. The molecule has 0 radical (unpaired) electrons. The van der Waals surface area contributed by atoms with Gasteiger partial charge in [-0.3, -0.25) is 4.79 Å². The Bertz CT molecular complexity index is 419. The predicted molar refractivity (Wildman–Crippen MR) is 72.5 cm³/mol. The van der Waals surface area contributed by atoms with Crippen LogP contribution in [0, 0.1) is 9.39 Å². The molecule has 1 saturated heterocycles. The Balaban J connectivity index is 2.01. The number of carbonyl (C=O) groups excluding carboxylic acids is 1. The van der Waals surface area contributed by atoms with Crippen molar-refractivity contribution >= 4 is 28.5 Å². The van der Waals surface area contributed by atoms with Crippen LogP contribution in [0.25, 0.3) is 0 Å². The number of hydrogen-bond donors (Lipinski definition) is 2. The molecule has 1 fully saturated rings. The quantitative estimate of drug-likeness (QED) is 0.802. The van der Waals surface area contributed by atoms with Gasteiger partial charge in [-0.2, -0.15) is 0 Å². The van der Waals surface area contributed by atoms with E-state index in [9.17, 15) is 9.18 Å². The van der Waals surface area contributed by atoms with Crippen molar-refractivity contribution < 1.29 is 9.18 Å². The lowest BCUT2D eigenvalue weighted by Crippen LogP contribution is -2.45. The Hall–Kier alpha value is -0.690. The first kappa shape index (κ1) is 12.8. The van der Waals surface area contributed by atoms with Gasteiger partial charge in [0.25, 0.3) is 5.91 Å². The molecule has 1 aromatic rings. The maximum atomic E-state index is 13.3. The molecular formula is C12H14FIN2O. The first-order chi connectivity index (χ1) is 8.16.